The quantitative estimate of drug-likeness (QED) is 0.447. The minimum absolute atomic E-state index is 0.0183. The summed E-state index contributed by atoms with van der Waals surface area (Å²) in [6, 6.07) is 11.3. The fraction of sp³-hybridized carbons (Fsp3) is 0.125. The van der Waals surface area contributed by atoms with E-state index in [1.807, 2.05) is 0 Å². The molecular formula is C16H15ClN4O4. The van der Waals surface area contributed by atoms with Crippen molar-refractivity contribution in [2.45, 2.75) is 0 Å². The summed E-state index contributed by atoms with van der Waals surface area (Å²) >= 11 is 5.72. The first-order chi connectivity index (χ1) is 12.0. The molecule has 0 fully saturated rings. The molecule has 2 N–H and O–H groups in total. The number of nitrogens with one attached hydrogen (secondary N) is 2. The number of hydrogen-bond acceptors (Lipinski definition) is 6. The summed E-state index contributed by atoms with van der Waals surface area (Å²) in [7, 11) is 1.57. The Balaban J connectivity index is 1.85. The molecule has 0 aliphatic heterocycles. The van der Waals surface area contributed by atoms with Gasteiger partial charge in [-0.15, -0.1) is 0 Å². The Bertz CT molecular complexity index is 793. The van der Waals surface area contributed by atoms with E-state index in [0.717, 1.165) is 11.4 Å². The van der Waals surface area contributed by atoms with Crippen LogP contribution in [0.1, 0.15) is 5.56 Å². The van der Waals surface area contributed by atoms with Crippen molar-refractivity contribution in [2.24, 2.45) is 5.10 Å². The van der Waals surface area contributed by atoms with Crippen LogP contribution in [0.25, 0.3) is 0 Å². The largest absolute Gasteiger partial charge is 0.497 e. The first kappa shape index (κ1) is 18.2. The minimum atomic E-state index is -0.586. The number of hydrogen-bond donors (Lipinski definition) is 2. The Morgan fingerprint density at radius 1 is 1.32 bits per heavy atom. The molecule has 130 valence electrons. The molecule has 0 saturated heterocycles. The molecule has 0 bridgehead atoms. The normalized spacial score (nSPS) is 10.5. The van der Waals surface area contributed by atoms with E-state index in [4.69, 9.17) is 16.3 Å². The number of rotatable bonds is 7. The summed E-state index contributed by atoms with van der Waals surface area (Å²) in [5.41, 5.74) is 3.31. The number of nitro groups is 1. The minimum Gasteiger partial charge on any atom is -0.497 e. The zero-order valence-electron chi connectivity index (χ0n) is 13.2. The molecule has 0 spiro atoms. The van der Waals surface area contributed by atoms with Crippen LogP contribution in [0.5, 0.6) is 5.75 Å². The molecule has 0 atom stereocenters. The first-order valence-electron chi connectivity index (χ1n) is 7.13. The van der Waals surface area contributed by atoms with Crippen LogP contribution in [0, 0.1) is 10.1 Å². The average Bonchev–Trinajstić information content (AvgIpc) is 2.61. The van der Waals surface area contributed by atoms with Crippen LogP contribution in [-0.4, -0.2) is 30.7 Å². The molecule has 8 nitrogen and oxygen atoms in total. The van der Waals surface area contributed by atoms with E-state index in [1.54, 1.807) is 37.4 Å². The number of nitrogens with zero attached hydrogens (tertiary/aromatic N) is 2. The summed E-state index contributed by atoms with van der Waals surface area (Å²) in [4.78, 5) is 21.9. The van der Waals surface area contributed by atoms with E-state index in [9.17, 15) is 14.9 Å². The average molecular weight is 363 g/mol. The van der Waals surface area contributed by atoms with E-state index in [1.165, 1.54) is 18.3 Å². The molecule has 0 heterocycles. The van der Waals surface area contributed by atoms with Gasteiger partial charge in [-0.1, -0.05) is 17.7 Å². The summed E-state index contributed by atoms with van der Waals surface area (Å²) < 4.78 is 5.04. The number of carbonyl (C=O) groups is 1. The second-order valence-corrected chi connectivity index (χ2v) is 5.25. The molecule has 2 aromatic rings. The highest BCUT2D eigenvalue weighted by atomic mass is 35.5. The van der Waals surface area contributed by atoms with Gasteiger partial charge >= 0.3 is 0 Å². The van der Waals surface area contributed by atoms with Gasteiger partial charge in [0.2, 0.25) is 0 Å². The van der Waals surface area contributed by atoms with Crippen molar-refractivity contribution in [1.82, 2.24) is 5.43 Å². The number of anilines is 1. The van der Waals surface area contributed by atoms with E-state index in [-0.39, 0.29) is 23.2 Å². The van der Waals surface area contributed by atoms with Crippen LogP contribution >= 0.6 is 11.6 Å². The van der Waals surface area contributed by atoms with Crippen molar-refractivity contribution in [3.8, 4) is 5.75 Å². The third kappa shape index (κ3) is 5.47. The predicted octanol–water partition coefficient (Wildman–Crippen LogP) is 2.82. The molecule has 25 heavy (non-hydrogen) atoms. The number of methoxy groups -OCH3 is 1. The topological polar surface area (TPSA) is 106 Å². The van der Waals surface area contributed by atoms with Crippen molar-refractivity contribution in [3.63, 3.8) is 0 Å². The van der Waals surface area contributed by atoms with Crippen molar-refractivity contribution >= 4 is 35.1 Å². The Morgan fingerprint density at radius 2 is 2.04 bits per heavy atom. The molecule has 0 aliphatic carbocycles. The summed E-state index contributed by atoms with van der Waals surface area (Å²) in [6.45, 7) is 0.0183. The summed E-state index contributed by atoms with van der Waals surface area (Å²) in [5, 5.41) is 17.5. The van der Waals surface area contributed by atoms with Gasteiger partial charge in [-0.05, 0) is 30.3 Å². The molecule has 0 aromatic heterocycles. The maximum atomic E-state index is 11.7. The molecule has 1 amide bonds. The fourth-order valence-corrected chi connectivity index (χ4v) is 2.05. The van der Waals surface area contributed by atoms with Crippen LogP contribution in [0.2, 0.25) is 5.02 Å². The fourth-order valence-electron chi connectivity index (χ4n) is 1.86. The van der Waals surface area contributed by atoms with Crippen LogP contribution in [0.15, 0.2) is 47.6 Å². The number of halogens is 1. The van der Waals surface area contributed by atoms with Gasteiger partial charge in [0.05, 0.1) is 24.8 Å². The lowest BCUT2D eigenvalue weighted by molar-refractivity contribution is -0.384. The van der Waals surface area contributed by atoms with Crippen LogP contribution < -0.4 is 15.5 Å². The molecule has 2 rings (SSSR count). The molecule has 0 unspecified atom stereocenters. The van der Waals surface area contributed by atoms with Gasteiger partial charge in [0.15, 0.2) is 0 Å². The lowest BCUT2D eigenvalue weighted by atomic mass is 10.2. The van der Waals surface area contributed by atoms with Crippen molar-refractivity contribution in [3.05, 3.63) is 63.2 Å². The molecule has 2 aromatic carbocycles. The summed E-state index contributed by atoms with van der Waals surface area (Å²) in [5.74, 6) is 0.354. The first-order valence-corrected chi connectivity index (χ1v) is 7.51. The Hall–Kier alpha value is -3.13. The monoisotopic (exact) mass is 362 g/mol. The lowest BCUT2D eigenvalue weighted by Gasteiger charge is -2.06. The highest BCUT2D eigenvalue weighted by molar-refractivity contribution is 6.32. The van der Waals surface area contributed by atoms with Crippen LogP contribution in [-0.2, 0) is 4.79 Å². The van der Waals surface area contributed by atoms with Gasteiger partial charge in [0.1, 0.15) is 10.8 Å². The van der Waals surface area contributed by atoms with E-state index < -0.39 is 4.92 Å². The van der Waals surface area contributed by atoms with Gasteiger partial charge in [0, 0.05) is 17.3 Å². The highest BCUT2D eigenvalue weighted by Gasteiger charge is 2.11. The van der Waals surface area contributed by atoms with Gasteiger partial charge < -0.3 is 10.1 Å². The lowest BCUT2D eigenvalue weighted by Crippen LogP contribution is -2.25. The third-order valence-corrected chi connectivity index (χ3v) is 3.43. The zero-order valence-corrected chi connectivity index (χ0v) is 14.0. The number of ether oxygens (including phenoxy) is 1. The standard InChI is InChI=1S/C16H15ClN4O4/c1-25-13-5-3-12(4-6-13)18-10-16(22)20-19-9-11-2-7-14(17)15(8-11)21(23)24/h2-9,18H,10H2,1H3,(H,20,22)/b19-9+. The smallest absolute Gasteiger partial charge is 0.288 e. The highest BCUT2D eigenvalue weighted by Crippen LogP contribution is 2.24. The summed E-state index contributed by atoms with van der Waals surface area (Å²) in [6.07, 6.45) is 1.30. The SMILES string of the molecule is COc1ccc(NCC(=O)N/N=C/c2ccc(Cl)c([N+](=O)[O-])c2)cc1. The number of amides is 1. The maximum absolute atomic E-state index is 11.7. The Labute approximate surface area is 148 Å². The number of carbonyl (C=O) groups excluding carboxylic acids is 1. The maximum Gasteiger partial charge on any atom is 0.288 e. The zero-order chi connectivity index (χ0) is 18.2. The Morgan fingerprint density at radius 3 is 2.68 bits per heavy atom. The molecule has 9 heteroatoms. The van der Waals surface area contributed by atoms with E-state index >= 15 is 0 Å². The van der Waals surface area contributed by atoms with Crippen molar-refractivity contribution in [2.75, 3.05) is 19.0 Å². The van der Waals surface area contributed by atoms with Crippen molar-refractivity contribution < 1.29 is 14.5 Å². The van der Waals surface area contributed by atoms with E-state index in [2.05, 4.69) is 15.8 Å². The van der Waals surface area contributed by atoms with Crippen molar-refractivity contribution in [1.29, 1.82) is 0 Å². The van der Waals surface area contributed by atoms with Crippen LogP contribution in [0.3, 0.4) is 0 Å². The van der Waals surface area contributed by atoms with Crippen LogP contribution in [0.4, 0.5) is 11.4 Å². The van der Waals surface area contributed by atoms with Gasteiger partial charge in [-0.2, -0.15) is 5.10 Å². The van der Waals surface area contributed by atoms with Gasteiger partial charge in [-0.3, -0.25) is 14.9 Å². The Kier molecular flexibility index (Phi) is 6.30. The second-order valence-electron chi connectivity index (χ2n) is 4.84. The second kappa shape index (κ2) is 8.65. The third-order valence-electron chi connectivity index (χ3n) is 3.11. The number of benzene rings is 2. The molecule has 0 radical (unpaired) electrons. The van der Waals surface area contributed by atoms with Gasteiger partial charge in [0.25, 0.3) is 11.6 Å². The molecule has 0 saturated carbocycles. The molecule has 0 aliphatic rings. The molecular weight excluding hydrogens is 348 g/mol. The van der Waals surface area contributed by atoms with Gasteiger partial charge in [-0.25, -0.2) is 5.43 Å². The number of nitro benzene ring substituents is 1. The number of hydrazone groups is 1. The predicted molar refractivity (Wildman–Crippen MR) is 95.3 cm³/mol. The van der Waals surface area contributed by atoms with E-state index in [0.29, 0.717) is 5.56 Å².